The van der Waals surface area contributed by atoms with Gasteiger partial charge in [0.15, 0.2) is 0 Å². The summed E-state index contributed by atoms with van der Waals surface area (Å²) in [6, 6.07) is 5.31. The van der Waals surface area contributed by atoms with Crippen molar-refractivity contribution < 1.29 is 4.79 Å². The molecule has 1 aromatic rings. The van der Waals surface area contributed by atoms with E-state index in [1.54, 1.807) is 12.1 Å². The van der Waals surface area contributed by atoms with Crippen molar-refractivity contribution in [2.45, 2.75) is 59.3 Å². The predicted octanol–water partition coefficient (Wildman–Crippen LogP) is 7.55. The molecule has 1 aromatic carbocycles. The van der Waals surface area contributed by atoms with Crippen molar-refractivity contribution >= 4 is 36.0 Å². The van der Waals surface area contributed by atoms with Gasteiger partial charge in [-0.3, -0.25) is 0 Å². The van der Waals surface area contributed by atoms with Crippen LogP contribution in [0.2, 0.25) is 10.0 Å². The quantitative estimate of drug-likeness (QED) is 0.364. The third kappa shape index (κ3) is 6.04. The van der Waals surface area contributed by atoms with E-state index >= 15 is 0 Å². The molecule has 0 aliphatic rings. The molecule has 1 rings (SSSR count). The molecule has 0 atom stereocenters. The number of hydrogen-bond donors (Lipinski definition) is 0. The molecule has 0 aliphatic heterocycles. The number of benzene rings is 1. The highest BCUT2D eigenvalue weighted by atomic mass is 35.5. The third-order valence-electron chi connectivity index (χ3n) is 4.41. The van der Waals surface area contributed by atoms with Crippen LogP contribution in [0, 0.1) is 0 Å². The summed E-state index contributed by atoms with van der Waals surface area (Å²) in [6.07, 6.45) is 10.0. The van der Waals surface area contributed by atoms with Gasteiger partial charge in [-0.2, -0.15) is 0 Å². The first kappa shape index (κ1) is 20.9. The van der Waals surface area contributed by atoms with Gasteiger partial charge in [0.05, 0.1) is 36.3 Å². The van der Waals surface area contributed by atoms with Crippen molar-refractivity contribution in [2.75, 3.05) is 18.5 Å². The van der Waals surface area contributed by atoms with Crippen LogP contribution in [-0.4, -0.2) is 24.0 Å². The van der Waals surface area contributed by atoms with Crippen molar-refractivity contribution in [2.24, 2.45) is 0 Å². The minimum atomic E-state index is -1.67. The second-order valence-electron chi connectivity index (χ2n) is 6.31. The fraction of sp³-hybridized carbons (Fsp3) is 0.632. The maximum Gasteiger partial charge on any atom is 0.299 e. The summed E-state index contributed by atoms with van der Waals surface area (Å²) in [6.45, 7) is 6.61. The van der Waals surface area contributed by atoms with E-state index in [-0.39, 0.29) is 0 Å². The lowest BCUT2D eigenvalue weighted by Crippen LogP contribution is -2.18. The Hall–Kier alpha value is -0.100. The largest absolute Gasteiger partial charge is 0.299 e. The number of rotatable bonds is 11. The molecule has 4 heteroatoms. The molecule has 23 heavy (non-hydrogen) atoms. The minimum Gasteiger partial charge on any atom is -0.247 e. The molecule has 0 N–H and O–H groups in total. The standard InChI is InChI=1S/C19H30Cl2OP/c1-4-7-12-23(13-8-5-2,14-9-6-3)19(22)17-11-10-16(20)15-18(17)21/h10-11,15H,4-9,12-14H2,1-3H3/q+1. The fourth-order valence-corrected chi connectivity index (χ4v) is 8.25. The first-order valence-corrected chi connectivity index (χ1v) is 12.0. The van der Waals surface area contributed by atoms with Gasteiger partial charge >= 0.3 is 0 Å². The number of unbranched alkanes of at least 4 members (excludes halogenated alkanes) is 3. The summed E-state index contributed by atoms with van der Waals surface area (Å²) < 4.78 is 0. The summed E-state index contributed by atoms with van der Waals surface area (Å²) in [5.74, 6) is 0. The van der Waals surface area contributed by atoms with E-state index in [0.29, 0.717) is 21.1 Å². The number of halogens is 2. The van der Waals surface area contributed by atoms with Crippen LogP contribution in [0.5, 0.6) is 0 Å². The molecule has 0 fully saturated rings. The zero-order chi connectivity index (χ0) is 17.3. The Morgan fingerprint density at radius 2 is 1.39 bits per heavy atom. The number of carbonyl (C=O) groups is 1. The minimum absolute atomic E-state index is 0.328. The summed E-state index contributed by atoms with van der Waals surface area (Å²) in [5, 5.41) is 1.10. The van der Waals surface area contributed by atoms with Crippen LogP contribution >= 0.6 is 30.5 Å². The van der Waals surface area contributed by atoms with Crippen molar-refractivity contribution in [1.29, 1.82) is 0 Å². The van der Waals surface area contributed by atoms with Gasteiger partial charge in [-0.05, 0) is 37.5 Å². The molecule has 0 bridgehead atoms. The van der Waals surface area contributed by atoms with Gasteiger partial charge in [0.1, 0.15) is 0 Å². The number of carbonyl (C=O) groups excluding carboxylic acids is 1. The molecule has 1 nitrogen and oxygen atoms in total. The Kier molecular flexibility index (Phi) is 9.74. The van der Waals surface area contributed by atoms with Gasteiger partial charge in [-0.1, -0.05) is 63.2 Å². The van der Waals surface area contributed by atoms with Gasteiger partial charge in [-0.25, -0.2) is 4.79 Å². The lowest BCUT2D eigenvalue weighted by Gasteiger charge is -2.26. The molecule has 0 saturated carbocycles. The summed E-state index contributed by atoms with van der Waals surface area (Å²) in [4.78, 5) is 13.4. The normalized spacial score (nSPS) is 11.7. The van der Waals surface area contributed by atoms with Crippen molar-refractivity contribution in [1.82, 2.24) is 0 Å². The van der Waals surface area contributed by atoms with Gasteiger partial charge < -0.3 is 0 Å². The summed E-state index contributed by atoms with van der Waals surface area (Å²) in [7, 11) is -1.67. The van der Waals surface area contributed by atoms with Crippen LogP contribution < -0.4 is 0 Å². The Morgan fingerprint density at radius 3 is 1.78 bits per heavy atom. The van der Waals surface area contributed by atoms with Crippen molar-refractivity contribution in [3.8, 4) is 0 Å². The SMILES string of the molecule is CCCC[P+](CCCC)(CCCC)C(=O)c1ccc(Cl)cc1Cl. The van der Waals surface area contributed by atoms with Crippen molar-refractivity contribution in [3.63, 3.8) is 0 Å². The first-order chi connectivity index (χ1) is 11.0. The van der Waals surface area contributed by atoms with Crippen LogP contribution in [0.4, 0.5) is 0 Å². The molecule has 0 radical (unpaired) electrons. The van der Waals surface area contributed by atoms with Gasteiger partial charge in [0.25, 0.3) is 5.52 Å². The molecule has 0 spiro atoms. The molecular weight excluding hydrogens is 346 g/mol. The smallest absolute Gasteiger partial charge is 0.247 e. The van der Waals surface area contributed by atoms with E-state index in [9.17, 15) is 4.79 Å². The molecular formula is C19H30Cl2OP+. The Balaban J connectivity index is 3.18. The monoisotopic (exact) mass is 375 g/mol. The predicted molar refractivity (Wildman–Crippen MR) is 107 cm³/mol. The van der Waals surface area contributed by atoms with Crippen LogP contribution in [0.3, 0.4) is 0 Å². The van der Waals surface area contributed by atoms with Gasteiger partial charge in [0, 0.05) is 5.02 Å². The van der Waals surface area contributed by atoms with Crippen LogP contribution in [-0.2, 0) is 0 Å². The highest BCUT2D eigenvalue weighted by Crippen LogP contribution is 2.63. The summed E-state index contributed by atoms with van der Waals surface area (Å²) in [5.41, 5.74) is 1.02. The highest BCUT2D eigenvalue weighted by molar-refractivity contribution is 7.91. The molecule has 0 saturated heterocycles. The van der Waals surface area contributed by atoms with E-state index in [4.69, 9.17) is 23.2 Å². The highest BCUT2D eigenvalue weighted by Gasteiger charge is 2.45. The third-order valence-corrected chi connectivity index (χ3v) is 9.58. The van der Waals surface area contributed by atoms with E-state index in [1.165, 1.54) is 0 Å². The second kappa shape index (κ2) is 10.7. The molecule has 0 aromatic heterocycles. The van der Waals surface area contributed by atoms with E-state index in [0.717, 1.165) is 57.0 Å². The van der Waals surface area contributed by atoms with Gasteiger partial charge in [-0.15, -0.1) is 0 Å². The first-order valence-electron chi connectivity index (χ1n) is 8.86. The Labute approximate surface area is 152 Å². The van der Waals surface area contributed by atoms with E-state index in [2.05, 4.69) is 20.8 Å². The maximum atomic E-state index is 13.4. The average Bonchev–Trinajstić information content (AvgIpc) is 2.54. The van der Waals surface area contributed by atoms with Crippen LogP contribution in [0.1, 0.15) is 69.7 Å². The van der Waals surface area contributed by atoms with E-state index in [1.807, 2.05) is 6.07 Å². The Morgan fingerprint density at radius 1 is 0.913 bits per heavy atom. The zero-order valence-electron chi connectivity index (χ0n) is 14.7. The molecule has 0 aliphatic carbocycles. The topological polar surface area (TPSA) is 17.1 Å². The van der Waals surface area contributed by atoms with E-state index < -0.39 is 7.26 Å². The second-order valence-corrected chi connectivity index (χ2v) is 11.2. The lowest BCUT2D eigenvalue weighted by molar-refractivity contribution is 0.107. The molecule has 0 amide bonds. The Bertz CT molecular complexity index is 480. The molecule has 130 valence electrons. The maximum absolute atomic E-state index is 13.4. The fourth-order valence-electron chi connectivity index (χ4n) is 2.94. The van der Waals surface area contributed by atoms with Gasteiger partial charge in [0.2, 0.25) is 0 Å². The van der Waals surface area contributed by atoms with Crippen LogP contribution in [0.15, 0.2) is 18.2 Å². The lowest BCUT2D eigenvalue weighted by atomic mass is 10.2. The zero-order valence-corrected chi connectivity index (χ0v) is 17.1. The van der Waals surface area contributed by atoms with Crippen molar-refractivity contribution in [3.05, 3.63) is 33.8 Å². The molecule has 0 unspecified atom stereocenters. The van der Waals surface area contributed by atoms with Crippen LogP contribution in [0.25, 0.3) is 0 Å². The molecule has 0 heterocycles. The number of hydrogen-bond acceptors (Lipinski definition) is 1. The average molecular weight is 376 g/mol. The summed E-state index contributed by atoms with van der Waals surface area (Å²) >= 11 is 12.3.